The summed E-state index contributed by atoms with van der Waals surface area (Å²) in [4.78, 5) is 14.4. The molecule has 3 aromatic rings. The maximum atomic E-state index is 12.5. The number of halogens is 3. The number of benzene rings is 1. The standard InChI is InChI=1S/C15H11F3N4O2/c16-15(17,18)9-3-5-10(6-4-9)19-14-20-13(23)12(21-22-14)8-11-2-1-7-24-11/h1-7H,8H2,(H2,19,20,22,23). The molecule has 9 heteroatoms. The van der Waals surface area contributed by atoms with E-state index in [2.05, 4.69) is 20.5 Å². The van der Waals surface area contributed by atoms with Crippen LogP contribution >= 0.6 is 0 Å². The van der Waals surface area contributed by atoms with Gasteiger partial charge < -0.3 is 9.73 Å². The molecule has 6 nitrogen and oxygen atoms in total. The minimum Gasteiger partial charge on any atom is -0.469 e. The molecule has 0 saturated heterocycles. The number of aromatic nitrogens is 3. The number of nitrogens with one attached hydrogen (secondary N) is 2. The number of nitrogens with zero attached hydrogens (tertiary/aromatic N) is 2. The van der Waals surface area contributed by atoms with E-state index in [9.17, 15) is 18.0 Å². The Balaban J connectivity index is 1.74. The quantitative estimate of drug-likeness (QED) is 0.765. The molecule has 0 aliphatic heterocycles. The minimum atomic E-state index is -4.40. The first kappa shape index (κ1) is 15.8. The Morgan fingerprint density at radius 1 is 1.12 bits per heavy atom. The van der Waals surface area contributed by atoms with Gasteiger partial charge in [-0.1, -0.05) is 0 Å². The average Bonchev–Trinajstić information content (AvgIpc) is 3.03. The highest BCUT2D eigenvalue weighted by Crippen LogP contribution is 2.30. The van der Waals surface area contributed by atoms with E-state index in [-0.39, 0.29) is 18.1 Å². The average molecular weight is 336 g/mol. The topological polar surface area (TPSA) is 83.8 Å². The van der Waals surface area contributed by atoms with Crippen LogP contribution in [-0.2, 0) is 12.6 Å². The SMILES string of the molecule is O=c1[nH]c(Nc2ccc(C(F)(F)F)cc2)nnc1Cc1ccco1. The van der Waals surface area contributed by atoms with Crippen molar-refractivity contribution in [3.05, 3.63) is 70.0 Å². The van der Waals surface area contributed by atoms with Gasteiger partial charge in [-0.25, -0.2) is 0 Å². The third-order valence-electron chi connectivity index (χ3n) is 3.16. The van der Waals surface area contributed by atoms with E-state index in [1.807, 2.05) is 0 Å². The van der Waals surface area contributed by atoms with Gasteiger partial charge in [-0.3, -0.25) is 9.78 Å². The van der Waals surface area contributed by atoms with Crippen LogP contribution in [0.4, 0.5) is 24.8 Å². The van der Waals surface area contributed by atoms with Crippen LogP contribution in [0, 0.1) is 0 Å². The van der Waals surface area contributed by atoms with Gasteiger partial charge in [0.05, 0.1) is 18.2 Å². The molecule has 0 aliphatic carbocycles. The van der Waals surface area contributed by atoms with Gasteiger partial charge in [-0.05, 0) is 36.4 Å². The molecule has 0 radical (unpaired) electrons. The van der Waals surface area contributed by atoms with Gasteiger partial charge in [0.2, 0.25) is 5.95 Å². The van der Waals surface area contributed by atoms with Crippen LogP contribution in [0.3, 0.4) is 0 Å². The summed E-state index contributed by atoms with van der Waals surface area (Å²) in [6.07, 6.45) is -2.73. The third-order valence-corrected chi connectivity index (χ3v) is 3.16. The van der Waals surface area contributed by atoms with Gasteiger partial charge in [0.15, 0.2) is 0 Å². The maximum Gasteiger partial charge on any atom is 0.416 e. The van der Waals surface area contributed by atoms with Crippen molar-refractivity contribution >= 4 is 11.6 Å². The number of hydrogen-bond donors (Lipinski definition) is 2. The van der Waals surface area contributed by atoms with E-state index < -0.39 is 17.3 Å². The minimum absolute atomic E-state index is 0.0305. The molecule has 124 valence electrons. The second kappa shape index (κ2) is 6.19. The van der Waals surface area contributed by atoms with Gasteiger partial charge in [-0.2, -0.15) is 13.2 Å². The van der Waals surface area contributed by atoms with E-state index in [1.165, 1.54) is 18.4 Å². The van der Waals surface area contributed by atoms with Gasteiger partial charge in [0.1, 0.15) is 11.5 Å². The van der Waals surface area contributed by atoms with Crippen LogP contribution in [0.1, 0.15) is 17.0 Å². The van der Waals surface area contributed by atoms with Crippen molar-refractivity contribution < 1.29 is 17.6 Å². The van der Waals surface area contributed by atoms with Crippen molar-refractivity contribution in [3.8, 4) is 0 Å². The predicted molar refractivity (Wildman–Crippen MR) is 78.9 cm³/mol. The van der Waals surface area contributed by atoms with Gasteiger partial charge in [0.25, 0.3) is 5.56 Å². The van der Waals surface area contributed by atoms with Crippen molar-refractivity contribution in [1.82, 2.24) is 15.2 Å². The molecule has 2 aromatic heterocycles. The normalized spacial score (nSPS) is 11.5. The summed E-state index contributed by atoms with van der Waals surface area (Å²) in [6.45, 7) is 0. The fraction of sp³-hybridized carbons (Fsp3) is 0.133. The third kappa shape index (κ3) is 3.62. The summed E-state index contributed by atoms with van der Waals surface area (Å²) in [5.74, 6) is 0.598. The fourth-order valence-electron chi connectivity index (χ4n) is 1.99. The molecule has 0 saturated carbocycles. The highest BCUT2D eigenvalue weighted by atomic mass is 19.4. The highest BCUT2D eigenvalue weighted by molar-refractivity contribution is 5.53. The summed E-state index contributed by atoms with van der Waals surface area (Å²) >= 11 is 0. The Morgan fingerprint density at radius 3 is 2.46 bits per heavy atom. The van der Waals surface area contributed by atoms with Gasteiger partial charge in [-0.15, -0.1) is 10.2 Å². The summed E-state index contributed by atoms with van der Waals surface area (Å²) in [7, 11) is 0. The van der Waals surface area contributed by atoms with Crippen LogP contribution in [0.15, 0.2) is 51.9 Å². The second-order valence-electron chi connectivity index (χ2n) is 4.91. The van der Waals surface area contributed by atoms with Crippen molar-refractivity contribution in [2.45, 2.75) is 12.6 Å². The van der Waals surface area contributed by atoms with Crippen LogP contribution in [0.25, 0.3) is 0 Å². The van der Waals surface area contributed by atoms with Crippen LogP contribution in [0.5, 0.6) is 0 Å². The number of alkyl halides is 3. The summed E-state index contributed by atoms with van der Waals surface area (Å²) < 4.78 is 42.6. The van der Waals surface area contributed by atoms with Gasteiger partial charge in [0, 0.05) is 5.69 Å². The number of anilines is 2. The van der Waals surface area contributed by atoms with Crippen molar-refractivity contribution in [1.29, 1.82) is 0 Å². The molecular formula is C15H11F3N4O2. The number of aromatic amines is 1. The first-order valence-electron chi connectivity index (χ1n) is 6.84. The number of furan rings is 1. The van der Waals surface area contributed by atoms with Crippen molar-refractivity contribution in [2.75, 3.05) is 5.32 Å². The Bertz CT molecular complexity index is 871. The molecule has 2 N–H and O–H groups in total. The lowest BCUT2D eigenvalue weighted by Crippen LogP contribution is -2.18. The molecule has 0 atom stereocenters. The monoisotopic (exact) mass is 336 g/mol. The molecule has 3 rings (SSSR count). The zero-order chi connectivity index (χ0) is 17.2. The molecule has 1 aromatic carbocycles. The number of rotatable bonds is 4. The second-order valence-corrected chi connectivity index (χ2v) is 4.91. The summed E-state index contributed by atoms with van der Waals surface area (Å²) in [5.41, 5.74) is -0.716. The predicted octanol–water partition coefficient (Wildman–Crippen LogP) is 3.11. The van der Waals surface area contributed by atoms with E-state index in [4.69, 9.17) is 4.42 Å². The zero-order valence-corrected chi connectivity index (χ0v) is 12.1. The Labute approximate surface area is 133 Å². The molecule has 2 heterocycles. The van der Waals surface area contributed by atoms with Gasteiger partial charge >= 0.3 is 6.18 Å². The maximum absolute atomic E-state index is 12.5. The molecule has 0 spiro atoms. The molecule has 0 unspecified atom stereocenters. The Morgan fingerprint density at radius 2 is 1.88 bits per heavy atom. The largest absolute Gasteiger partial charge is 0.469 e. The lowest BCUT2D eigenvalue weighted by atomic mass is 10.2. The summed E-state index contributed by atoms with van der Waals surface area (Å²) in [6, 6.07) is 7.73. The van der Waals surface area contributed by atoms with Crippen molar-refractivity contribution in [3.63, 3.8) is 0 Å². The van der Waals surface area contributed by atoms with E-state index in [1.54, 1.807) is 12.1 Å². The first-order chi connectivity index (χ1) is 11.4. The Hall–Kier alpha value is -3.10. The first-order valence-corrected chi connectivity index (χ1v) is 6.84. The van der Waals surface area contributed by atoms with Crippen LogP contribution in [-0.4, -0.2) is 15.2 Å². The van der Waals surface area contributed by atoms with Crippen LogP contribution < -0.4 is 10.9 Å². The molecule has 0 aliphatic rings. The highest BCUT2D eigenvalue weighted by Gasteiger charge is 2.29. The zero-order valence-electron chi connectivity index (χ0n) is 12.1. The Kier molecular flexibility index (Phi) is 4.07. The summed E-state index contributed by atoms with van der Waals surface area (Å²) in [5, 5.41) is 10.3. The van der Waals surface area contributed by atoms with E-state index in [0.717, 1.165) is 12.1 Å². The fourth-order valence-corrected chi connectivity index (χ4v) is 1.99. The van der Waals surface area contributed by atoms with E-state index in [0.29, 0.717) is 11.4 Å². The molecule has 0 amide bonds. The van der Waals surface area contributed by atoms with Crippen LogP contribution in [0.2, 0.25) is 0 Å². The molecule has 0 bridgehead atoms. The van der Waals surface area contributed by atoms with E-state index >= 15 is 0 Å². The lowest BCUT2D eigenvalue weighted by Gasteiger charge is -2.08. The smallest absolute Gasteiger partial charge is 0.416 e. The number of H-pyrrole nitrogens is 1. The molecule has 24 heavy (non-hydrogen) atoms. The number of hydrogen-bond acceptors (Lipinski definition) is 5. The van der Waals surface area contributed by atoms with Crippen molar-refractivity contribution in [2.24, 2.45) is 0 Å². The molecule has 0 fully saturated rings. The lowest BCUT2D eigenvalue weighted by molar-refractivity contribution is -0.137. The molecular weight excluding hydrogens is 325 g/mol.